The molecule has 2 aliphatic carbocycles. The predicted octanol–water partition coefficient (Wildman–Crippen LogP) is 6.51. The topological polar surface area (TPSA) is 110 Å². The Balaban J connectivity index is 2.58. The molecule has 2 aliphatic rings. The molecule has 6 nitrogen and oxygen atoms in total. The SMILES string of the molecule is C=C(/C=C/C=C(/[C@H](O)CCCCC)[C@@H]1CC[C@]2([C@@H]1O)[C@@H](CCCO)/C(=C(/C)C=O)CC[C@]2(O)CCNC)CCC=C(C)C. The Morgan fingerprint density at radius 3 is 2.56 bits per heavy atom. The molecule has 0 radical (unpaired) electrons. The van der Waals surface area contributed by atoms with Crippen LogP contribution in [0.4, 0.5) is 0 Å². The highest BCUT2D eigenvalue weighted by Crippen LogP contribution is 2.64. The average Bonchev–Trinajstić information content (AvgIpc) is 3.31. The highest BCUT2D eigenvalue weighted by molar-refractivity contribution is 5.74. The molecule has 0 aromatic rings. The van der Waals surface area contributed by atoms with E-state index in [1.807, 2.05) is 32.2 Å². The molecule has 0 saturated heterocycles. The maximum Gasteiger partial charge on any atom is 0.145 e. The normalized spacial score (nSPS) is 29.7. The van der Waals surface area contributed by atoms with E-state index in [0.717, 1.165) is 55.1 Å². The molecule has 6 atom stereocenters. The van der Waals surface area contributed by atoms with Gasteiger partial charge in [0.05, 0.1) is 17.8 Å². The minimum atomic E-state index is -1.15. The summed E-state index contributed by atoms with van der Waals surface area (Å²) in [6.45, 7) is 13.0. The Bertz CT molecular complexity index is 1020. The third-order valence-electron chi connectivity index (χ3n) is 10.2. The number of aliphatic hydroxyl groups excluding tert-OH is 3. The van der Waals surface area contributed by atoms with Gasteiger partial charge in [0.2, 0.25) is 0 Å². The zero-order valence-corrected chi connectivity index (χ0v) is 27.7. The molecule has 0 amide bonds. The summed E-state index contributed by atoms with van der Waals surface area (Å²) in [7, 11) is 1.87. The van der Waals surface area contributed by atoms with Gasteiger partial charge >= 0.3 is 0 Å². The van der Waals surface area contributed by atoms with Crippen molar-refractivity contribution in [3.63, 3.8) is 0 Å². The Morgan fingerprint density at radius 1 is 1.19 bits per heavy atom. The zero-order valence-electron chi connectivity index (χ0n) is 27.7. The smallest absolute Gasteiger partial charge is 0.145 e. The quantitative estimate of drug-likeness (QED) is 0.0404. The van der Waals surface area contributed by atoms with Gasteiger partial charge < -0.3 is 25.7 Å². The second kappa shape index (κ2) is 18.2. The second-order valence-corrected chi connectivity index (χ2v) is 13.3. The van der Waals surface area contributed by atoms with Crippen molar-refractivity contribution < 1.29 is 25.2 Å². The molecule has 1 spiro atoms. The van der Waals surface area contributed by atoms with E-state index in [-0.39, 0.29) is 18.4 Å². The van der Waals surface area contributed by atoms with E-state index >= 15 is 0 Å². The standard InChI is InChI=1S/C37H61NO5/c1-7-8-9-18-34(41)31(16-11-15-28(4)14-10-13-27(2)3)32-20-22-37(35(32)42)33(17-12-25-39)30(29(5)26-40)19-21-36(37,43)23-24-38-6/h11,13,15-16,26,32-35,38-39,41-43H,4,7-10,12,14,17-25H2,1-3,5-6H3/b15-11+,30-29-,31-16+/t32-,33-,34+,35+,36-,37+/m0/s1. The summed E-state index contributed by atoms with van der Waals surface area (Å²) in [5.41, 5.74) is 2.74. The molecule has 0 aromatic heterocycles. The van der Waals surface area contributed by atoms with Crippen LogP contribution in [0.5, 0.6) is 0 Å². The van der Waals surface area contributed by atoms with Crippen molar-refractivity contribution in [2.45, 2.75) is 129 Å². The van der Waals surface area contributed by atoms with Crippen molar-refractivity contribution in [3.8, 4) is 0 Å². The van der Waals surface area contributed by atoms with Crippen LogP contribution in [0, 0.1) is 17.3 Å². The first-order valence-electron chi connectivity index (χ1n) is 16.7. The molecule has 6 heteroatoms. The van der Waals surface area contributed by atoms with Gasteiger partial charge in [-0.1, -0.05) is 73.8 Å². The average molecular weight is 600 g/mol. The second-order valence-electron chi connectivity index (χ2n) is 13.3. The highest BCUT2D eigenvalue weighted by atomic mass is 16.3. The molecule has 2 saturated carbocycles. The molecule has 0 bridgehead atoms. The number of carbonyl (C=O) groups is 1. The van der Waals surface area contributed by atoms with Gasteiger partial charge in [-0.3, -0.25) is 4.79 Å². The fourth-order valence-corrected chi connectivity index (χ4v) is 7.81. The fraction of sp³-hybridized carbons (Fsp3) is 0.703. The number of unbranched alkanes of at least 4 members (excludes halogenated alkanes) is 2. The van der Waals surface area contributed by atoms with Crippen LogP contribution in [0.25, 0.3) is 0 Å². The van der Waals surface area contributed by atoms with Gasteiger partial charge in [-0.25, -0.2) is 0 Å². The van der Waals surface area contributed by atoms with Gasteiger partial charge in [-0.15, -0.1) is 0 Å². The largest absolute Gasteiger partial charge is 0.396 e. The number of hydrogen-bond acceptors (Lipinski definition) is 6. The lowest BCUT2D eigenvalue weighted by Gasteiger charge is -2.57. The molecule has 5 N–H and O–H groups in total. The maximum absolute atomic E-state index is 12.5. The van der Waals surface area contributed by atoms with Gasteiger partial charge in [0, 0.05) is 17.9 Å². The molecule has 43 heavy (non-hydrogen) atoms. The zero-order chi connectivity index (χ0) is 32.0. The maximum atomic E-state index is 12.5. The van der Waals surface area contributed by atoms with Crippen molar-refractivity contribution in [2.75, 3.05) is 20.2 Å². The summed E-state index contributed by atoms with van der Waals surface area (Å²) in [6.07, 6.45) is 16.7. The third kappa shape index (κ3) is 9.34. The Morgan fingerprint density at radius 2 is 1.93 bits per heavy atom. The molecule has 0 aliphatic heterocycles. The lowest BCUT2D eigenvalue weighted by atomic mass is 9.51. The van der Waals surface area contributed by atoms with E-state index in [9.17, 15) is 25.2 Å². The van der Waals surface area contributed by atoms with E-state index in [0.29, 0.717) is 63.5 Å². The molecule has 0 unspecified atom stereocenters. The summed E-state index contributed by atoms with van der Waals surface area (Å²) in [5.74, 6) is -0.557. The van der Waals surface area contributed by atoms with Crippen LogP contribution in [0.1, 0.15) is 111 Å². The van der Waals surface area contributed by atoms with Gasteiger partial charge in [0.25, 0.3) is 0 Å². The van der Waals surface area contributed by atoms with E-state index in [1.54, 1.807) is 0 Å². The number of hydrogen-bond donors (Lipinski definition) is 5. The van der Waals surface area contributed by atoms with Crippen LogP contribution in [0.3, 0.4) is 0 Å². The van der Waals surface area contributed by atoms with E-state index in [2.05, 4.69) is 38.7 Å². The summed E-state index contributed by atoms with van der Waals surface area (Å²) in [5, 5.41) is 49.4. The summed E-state index contributed by atoms with van der Waals surface area (Å²) >= 11 is 0. The molecule has 0 aromatic carbocycles. The Labute approximate surface area is 261 Å². The highest BCUT2D eigenvalue weighted by Gasteiger charge is 2.65. The molecule has 2 fully saturated rings. The summed E-state index contributed by atoms with van der Waals surface area (Å²) < 4.78 is 0. The Kier molecular flexibility index (Phi) is 15.8. The molecular weight excluding hydrogens is 538 g/mol. The van der Waals surface area contributed by atoms with Crippen molar-refractivity contribution in [1.29, 1.82) is 0 Å². The Hall–Kier alpha value is -1.83. The first-order chi connectivity index (χ1) is 20.5. The lowest BCUT2D eigenvalue weighted by Crippen LogP contribution is -2.61. The van der Waals surface area contributed by atoms with Gasteiger partial charge in [0.1, 0.15) is 6.29 Å². The van der Waals surface area contributed by atoms with Crippen LogP contribution in [0.2, 0.25) is 0 Å². The number of aliphatic hydroxyl groups is 4. The number of nitrogens with one attached hydrogen (secondary N) is 1. The number of rotatable bonds is 18. The van der Waals surface area contributed by atoms with Gasteiger partial charge in [-0.05, 0) is 116 Å². The van der Waals surface area contributed by atoms with Crippen LogP contribution < -0.4 is 5.32 Å². The van der Waals surface area contributed by atoms with Crippen molar-refractivity contribution in [3.05, 3.63) is 58.7 Å². The molecule has 0 heterocycles. The van der Waals surface area contributed by atoms with Crippen molar-refractivity contribution >= 4 is 6.29 Å². The van der Waals surface area contributed by atoms with E-state index in [1.165, 1.54) is 5.57 Å². The summed E-state index contributed by atoms with van der Waals surface area (Å²) in [4.78, 5) is 12.0. The molecular formula is C37H61NO5. The van der Waals surface area contributed by atoms with Crippen LogP contribution in [-0.2, 0) is 4.79 Å². The van der Waals surface area contributed by atoms with E-state index < -0.39 is 23.2 Å². The minimum Gasteiger partial charge on any atom is -0.396 e. The van der Waals surface area contributed by atoms with E-state index in [4.69, 9.17) is 0 Å². The number of aldehydes is 1. The molecule has 2 rings (SSSR count). The van der Waals surface area contributed by atoms with Crippen LogP contribution in [-0.4, -0.2) is 64.7 Å². The van der Waals surface area contributed by atoms with Crippen molar-refractivity contribution in [1.82, 2.24) is 5.32 Å². The monoisotopic (exact) mass is 599 g/mol. The minimum absolute atomic E-state index is 0.0120. The lowest BCUT2D eigenvalue weighted by molar-refractivity contribution is -0.181. The van der Waals surface area contributed by atoms with Gasteiger partial charge in [0.15, 0.2) is 0 Å². The summed E-state index contributed by atoms with van der Waals surface area (Å²) in [6, 6.07) is 0. The van der Waals surface area contributed by atoms with Crippen LogP contribution in [0.15, 0.2) is 58.7 Å². The fourth-order valence-electron chi connectivity index (χ4n) is 7.81. The molecule has 244 valence electrons. The number of allylic oxidation sites excluding steroid dienone is 8. The van der Waals surface area contributed by atoms with Gasteiger partial charge in [-0.2, -0.15) is 0 Å². The third-order valence-corrected chi connectivity index (χ3v) is 10.2. The predicted molar refractivity (Wildman–Crippen MR) is 178 cm³/mol. The first-order valence-corrected chi connectivity index (χ1v) is 16.7. The number of carbonyl (C=O) groups excluding carboxylic acids is 1. The van der Waals surface area contributed by atoms with Crippen molar-refractivity contribution in [2.24, 2.45) is 17.3 Å². The first kappa shape index (κ1) is 37.4. The van der Waals surface area contributed by atoms with Crippen LogP contribution >= 0.6 is 0 Å².